The number of benzene rings is 1. The van der Waals surface area contributed by atoms with Crippen LogP contribution in [0.15, 0.2) is 24.3 Å². The Hall–Kier alpha value is -0.900. The molecule has 0 aliphatic carbocycles. The van der Waals surface area contributed by atoms with Crippen molar-refractivity contribution in [3.8, 4) is 0 Å². The molecule has 3 nitrogen and oxygen atoms in total. The summed E-state index contributed by atoms with van der Waals surface area (Å²) in [4.78, 5) is 0. The molecule has 108 valence electrons. The van der Waals surface area contributed by atoms with E-state index in [0.717, 1.165) is 13.0 Å². The van der Waals surface area contributed by atoms with E-state index < -0.39 is 0 Å². The summed E-state index contributed by atoms with van der Waals surface area (Å²) in [5.74, 6) is 0. The van der Waals surface area contributed by atoms with Gasteiger partial charge in [0, 0.05) is 26.3 Å². The molecule has 0 heterocycles. The van der Waals surface area contributed by atoms with Gasteiger partial charge in [0.25, 0.3) is 0 Å². The van der Waals surface area contributed by atoms with E-state index in [1.807, 2.05) is 12.1 Å². The summed E-state index contributed by atoms with van der Waals surface area (Å²) < 4.78 is 5.22. The highest BCUT2D eigenvalue weighted by Crippen LogP contribution is 2.22. The number of aliphatic hydroxyl groups is 1. The van der Waals surface area contributed by atoms with Crippen molar-refractivity contribution in [2.75, 3.05) is 13.7 Å². The van der Waals surface area contributed by atoms with Crippen LogP contribution in [0.25, 0.3) is 0 Å². The molecule has 3 heteroatoms. The van der Waals surface area contributed by atoms with E-state index in [4.69, 9.17) is 4.74 Å². The molecule has 1 rings (SSSR count). The number of hydrogen-bond donors (Lipinski definition) is 2. The van der Waals surface area contributed by atoms with Crippen LogP contribution < -0.4 is 5.32 Å². The van der Waals surface area contributed by atoms with Crippen LogP contribution in [0.5, 0.6) is 0 Å². The van der Waals surface area contributed by atoms with Crippen LogP contribution in [-0.4, -0.2) is 24.9 Å². The molecule has 0 aromatic heterocycles. The summed E-state index contributed by atoms with van der Waals surface area (Å²) in [6.07, 6.45) is 0.774. The highest BCUT2D eigenvalue weighted by Gasteiger charge is 2.23. The van der Waals surface area contributed by atoms with Gasteiger partial charge >= 0.3 is 0 Å². The molecule has 1 atom stereocenters. The quantitative estimate of drug-likeness (QED) is 0.796. The van der Waals surface area contributed by atoms with Gasteiger partial charge in [-0.15, -0.1) is 0 Å². The third kappa shape index (κ3) is 5.31. The minimum atomic E-state index is 0.138. The van der Waals surface area contributed by atoms with E-state index in [9.17, 15) is 5.11 Å². The average molecular weight is 265 g/mol. The zero-order valence-corrected chi connectivity index (χ0v) is 12.6. The first-order valence-electron chi connectivity index (χ1n) is 6.89. The van der Waals surface area contributed by atoms with Gasteiger partial charge in [0.05, 0.1) is 6.61 Å². The van der Waals surface area contributed by atoms with Gasteiger partial charge in [-0.05, 0) is 23.0 Å². The summed E-state index contributed by atoms with van der Waals surface area (Å²) >= 11 is 0. The summed E-state index contributed by atoms with van der Waals surface area (Å²) in [6, 6.07) is 8.60. The average Bonchev–Trinajstić information content (AvgIpc) is 2.35. The lowest BCUT2D eigenvalue weighted by molar-refractivity contribution is 0.182. The van der Waals surface area contributed by atoms with Gasteiger partial charge in [0.2, 0.25) is 0 Å². The van der Waals surface area contributed by atoms with Gasteiger partial charge in [-0.3, -0.25) is 0 Å². The topological polar surface area (TPSA) is 41.5 Å². The van der Waals surface area contributed by atoms with Crippen molar-refractivity contribution in [1.82, 2.24) is 5.32 Å². The predicted molar refractivity (Wildman–Crippen MR) is 78.9 cm³/mol. The van der Waals surface area contributed by atoms with Crippen LogP contribution in [0.4, 0.5) is 0 Å². The molecule has 1 unspecified atom stereocenters. The van der Waals surface area contributed by atoms with Gasteiger partial charge in [-0.25, -0.2) is 0 Å². The van der Waals surface area contributed by atoms with Crippen LogP contribution in [0, 0.1) is 5.41 Å². The first-order chi connectivity index (χ1) is 8.99. The molecule has 0 spiro atoms. The van der Waals surface area contributed by atoms with Gasteiger partial charge in [-0.1, -0.05) is 45.0 Å². The fourth-order valence-electron chi connectivity index (χ4n) is 2.23. The molecule has 1 aromatic rings. The highest BCUT2D eigenvalue weighted by molar-refractivity contribution is 5.26. The number of aliphatic hydroxyl groups excluding tert-OH is 1. The molecular formula is C16H27NO2. The Morgan fingerprint density at radius 1 is 1.21 bits per heavy atom. The third-order valence-electron chi connectivity index (χ3n) is 3.42. The Kier molecular flexibility index (Phi) is 6.49. The van der Waals surface area contributed by atoms with Crippen molar-refractivity contribution >= 4 is 0 Å². The van der Waals surface area contributed by atoms with Crippen molar-refractivity contribution in [2.45, 2.75) is 46.4 Å². The normalized spacial score (nSPS) is 13.5. The second-order valence-electron chi connectivity index (χ2n) is 6.01. The third-order valence-corrected chi connectivity index (χ3v) is 3.42. The molecule has 0 bridgehead atoms. The zero-order valence-electron chi connectivity index (χ0n) is 12.6. The molecular weight excluding hydrogens is 238 g/mol. The first-order valence-corrected chi connectivity index (χ1v) is 6.89. The number of ether oxygens (including phenoxy) is 1. The van der Waals surface area contributed by atoms with E-state index >= 15 is 0 Å². The number of hydrogen-bond acceptors (Lipinski definition) is 3. The van der Waals surface area contributed by atoms with Crippen LogP contribution >= 0.6 is 0 Å². The van der Waals surface area contributed by atoms with E-state index in [2.05, 4.69) is 38.2 Å². The van der Waals surface area contributed by atoms with E-state index in [1.54, 1.807) is 7.11 Å². The summed E-state index contributed by atoms with van der Waals surface area (Å²) in [5, 5.41) is 12.7. The van der Waals surface area contributed by atoms with Crippen LogP contribution in [-0.2, 0) is 17.9 Å². The second-order valence-corrected chi connectivity index (χ2v) is 6.01. The number of methoxy groups -OCH3 is 1. The van der Waals surface area contributed by atoms with Crippen molar-refractivity contribution in [2.24, 2.45) is 5.41 Å². The molecule has 0 amide bonds. The van der Waals surface area contributed by atoms with Crippen LogP contribution in [0.3, 0.4) is 0 Å². The molecule has 0 saturated carbocycles. The lowest BCUT2D eigenvalue weighted by Crippen LogP contribution is -2.40. The van der Waals surface area contributed by atoms with Gasteiger partial charge < -0.3 is 15.2 Å². The minimum absolute atomic E-state index is 0.138. The SMILES string of the molecule is COCc1ccccc1CNC(CCO)C(C)(C)C. The molecule has 2 N–H and O–H groups in total. The first kappa shape index (κ1) is 16.2. The maximum Gasteiger partial charge on any atom is 0.0716 e. The van der Waals surface area contributed by atoms with Gasteiger partial charge in [0.15, 0.2) is 0 Å². The Morgan fingerprint density at radius 3 is 2.37 bits per heavy atom. The van der Waals surface area contributed by atoms with Crippen molar-refractivity contribution in [3.05, 3.63) is 35.4 Å². The Labute approximate surface area is 117 Å². The maximum atomic E-state index is 9.18. The highest BCUT2D eigenvalue weighted by atomic mass is 16.5. The molecule has 19 heavy (non-hydrogen) atoms. The standard InChI is InChI=1S/C16H27NO2/c1-16(2,3)15(9-10-18)17-11-13-7-5-6-8-14(13)12-19-4/h5-8,15,17-18H,9-12H2,1-4H3. The summed E-state index contributed by atoms with van der Waals surface area (Å²) in [6.45, 7) is 8.25. The second kappa shape index (κ2) is 7.63. The number of nitrogens with one attached hydrogen (secondary N) is 1. The van der Waals surface area contributed by atoms with Crippen LogP contribution in [0.2, 0.25) is 0 Å². The number of rotatable bonds is 7. The van der Waals surface area contributed by atoms with E-state index in [1.165, 1.54) is 11.1 Å². The lowest BCUT2D eigenvalue weighted by atomic mass is 9.85. The maximum absolute atomic E-state index is 9.18. The van der Waals surface area contributed by atoms with Crippen molar-refractivity contribution in [3.63, 3.8) is 0 Å². The largest absolute Gasteiger partial charge is 0.396 e. The Morgan fingerprint density at radius 2 is 1.84 bits per heavy atom. The summed E-state index contributed by atoms with van der Waals surface area (Å²) in [5.41, 5.74) is 2.62. The fraction of sp³-hybridized carbons (Fsp3) is 0.625. The minimum Gasteiger partial charge on any atom is -0.396 e. The molecule has 0 aliphatic heterocycles. The van der Waals surface area contributed by atoms with Crippen molar-refractivity contribution < 1.29 is 9.84 Å². The van der Waals surface area contributed by atoms with Gasteiger partial charge in [-0.2, -0.15) is 0 Å². The smallest absolute Gasteiger partial charge is 0.0716 e. The Balaban J connectivity index is 2.68. The lowest BCUT2D eigenvalue weighted by Gasteiger charge is -2.31. The monoisotopic (exact) mass is 265 g/mol. The predicted octanol–water partition coefficient (Wildman–Crippen LogP) is 2.72. The van der Waals surface area contributed by atoms with E-state index in [0.29, 0.717) is 12.6 Å². The summed E-state index contributed by atoms with van der Waals surface area (Å²) in [7, 11) is 1.72. The molecule has 0 aliphatic rings. The van der Waals surface area contributed by atoms with Gasteiger partial charge in [0.1, 0.15) is 0 Å². The molecule has 1 aromatic carbocycles. The molecule has 0 saturated heterocycles. The Bertz CT molecular complexity index is 371. The fourth-order valence-corrected chi connectivity index (χ4v) is 2.23. The zero-order chi connectivity index (χ0) is 14.3. The van der Waals surface area contributed by atoms with Crippen LogP contribution in [0.1, 0.15) is 38.3 Å². The molecule has 0 radical (unpaired) electrons. The van der Waals surface area contributed by atoms with Crippen molar-refractivity contribution in [1.29, 1.82) is 0 Å². The molecule has 0 fully saturated rings. The van der Waals surface area contributed by atoms with E-state index in [-0.39, 0.29) is 12.0 Å².